The van der Waals surface area contributed by atoms with Gasteiger partial charge in [0.1, 0.15) is 24.3 Å². The first-order valence-corrected chi connectivity index (χ1v) is 6.85. The number of hydrogen-bond acceptors (Lipinski definition) is 4. The monoisotopic (exact) mass is 275 g/mol. The molecule has 1 atom stereocenters. The van der Waals surface area contributed by atoms with E-state index in [4.69, 9.17) is 10.5 Å². The second kappa shape index (κ2) is 6.96. The molecule has 0 fully saturated rings. The highest BCUT2D eigenvalue weighted by molar-refractivity contribution is 5.41. The number of nitrogens with zero attached hydrogens (tertiary/aromatic N) is 2. The summed E-state index contributed by atoms with van der Waals surface area (Å²) in [6, 6.07) is 7.14. The van der Waals surface area contributed by atoms with Gasteiger partial charge in [-0.3, -0.25) is 0 Å². The maximum Gasteiger partial charge on any atom is 0.119 e. The summed E-state index contributed by atoms with van der Waals surface area (Å²) in [6.45, 7) is 2.84. The van der Waals surface area contributed by atoms with E-state index in [1.807, 2.05) is 10.8 Å². The first-order chi connectivity index (χ1) is 9.69. The number of rotatable bonds is 7. The van der Waals surface area contributed by atoms with Gasteiger partial charge in [-0.2, -0.15) is 0 Å². The highest BCUT2D eigenvalue weighted by Gasteiger charge is 2.09. The Labute approximate surface area is 119 Å². The molecule has 0 aliphatic rings. The van der Waals surface area contributed by atoms with Crippen molar-refractivity contribution in [3.63, 3.8) is 0 Å². The summed E-state index contributed by atoms with van der Waals surface area (Å²) < 4.78 is 7.50. The SMILES string of the molecule is CCCc1nccn1CC(O)COc1ccc(N)cc1. The number of nitrogen functional groups attached to an aromatic ring is 1. The van der Waals surface area contributed by atoms with Crippen LogP contribution in [0.5, 0.6) is 5.75 Å². The maximum absolute atomic E-state index is 10.0. The minimum absolute atomic E-state index is 0.244. The lowest BCUT2D eigenvalue weighted by Gasteiger charge is -2.14. The first kappa shape index (κ1) is 14.4. The standard InChI is InChI=1S/C15H21N3O2/c1-2-3-15-17-8-9-18(15)10-13(19)11-20-14-6-4-12(16)5-7-14/h4-9,13,19H,2-3,10-11,16H2,1H3. The summed E-state index contributed by atoms with van der Waals surface area (Å²) in [5.74, 6) is 1.71. The summed E-state index contributed by atoms with van der Waals surface area (Å²) in [7, 11) is 0. The molecule has 3 N–H and O–H groups in total. The molecule has 0 aliphatic heterocycles. The Bertz CT molecular complexity index is 522. The summed E-state index contributed by atoms with van der Waals surface area (Å²) in [6.07, 6.45) is 5.03. The molecule has 0 bridgehead atoms. The van der Waals surface area contributed by atoms with E-state index >= 15 is 0 Å². The molecule has 20 heavy (non-hydrogen) atoms. The minimum atomic E-state index is -0.572. The second-order valence-electron chi connectivity index (χ2n) is 4.78. The highest BCUT2D eigenvalue weighted by Crippen LogP contribution is 2.13. The summed E-state index contributed by atoms with van der Waals surface area (Å²) in [4.78, 5) is 4.28. The van der Waals surface area contributed by atoms with Crippen LogP contribution in [0.3, 0.4) is 0 Å². The minimum Gasteiger partial charge on any atom is -0.491 e. The number of imidazole rings is 1. The Morgan fingerprint density at radius 2 is 2.10 bits per heavy atom. The molecule has 0 saturated carbocycles. The molecule has 0 aliphatic carbocycles. The zero-order valence-corrected chi connectivity index (χ0v) is 11.7. The van der Waals surface area contributed by atoms with Gasteiger partial charge in [0.15, 0.2) is 0 Å². The molecule has 1 heterocycles. The molecule has 0 radical (unpaired) electrons. The Hall–Kier alpha value is -2.01. The van der Waals surface area contributed by atoms with E-state index < -0.39 is 6.10 Å². The Kier molecular flexibility index (Phi) is 5.01. The van der Waals surface area contributed by atoms with Crippen LogP contribution in [0.25, 0.3) is 0 Å². The predicted octanol–water partition coefficient (Wildman–Crippen LogP) is 1.86. The molecular weight excluding hydrogens is 254 g/mol. The Morgan fingerprint density at radius 1 is 1.35 bits per heavy atom. The van der Waals surface area contributed by atoms with Crippen LogP contribution in [0.4, 0.5) is 5.69 Å². The lowest BCUT2D eigenvalue weighted by molar-refractivity contribution is 0.0917. The van der Waals surface area contributed by atoms with Gasteiger partial charge in [0.2, 0.25) is 0 Å². The summed E-state index contributed by atoms with van der Waals surface area (Å²) in [5, 5.41) is 10.0. The molecular formula is C15H21N3O2. The van der Waals surface area contributed by atoms with Crippen molar-refractivity contribution in [2.45, 2.75) is 32.4 Å². The number of aliphatic hydroxyl groups excluding tert-OH is 1. The highest BCUT2D eigenvalue weighted by atomic mass is 16.5. The number of nitrogens with two attached hydrogens (primary N) is 1. The molecule has 0 saturated heterocycles. The molecule has 5 nitrogen and oxygen atoms in total. The zero-order chi connectivity index (χ0) is 14.4. The van der Waals surface area contributed by atoms with Crippen molar-refractivity contribution in [2.75, 3.05) is 12.3 Å². The van der Waals surface area contributed by atoms with Crippen LogP contribution in [0.2, 0.25) is 0 Å². The number of benzene rings is 1. The molecule has 0 amide bonds. The smallest absolute Gasteiger partial charge is 0.119 e. The number of ether oxygens (including phenoxy) is 1. The van der Waals surface area contributed by atoms with Gasteiger partial charge in [0, 0.05) is 24.5 Å². The summed E-state index contributed by atoms with van der Waals surface area (Å²) in [5.41, 5.74) is 6.30. The van der Waals surface area contributed by atoms with Crippen LogP contribution < -0.4 is 10.5 Å². The van der Waals surface area contributed by atoms with Gasteiger partial charge in [-0.15, -0.1) is 0 Å². The van der Waals surface area contributed by atoms with Crippen LogP contribution in [0.15, 0.2) is 36.7 Å². The van der Waals surface area contributed by atoms with Gasteiger partial charge in [-0.05, 0) is 30.7 Å². The van der Waals surface area contributed by atoms with Crippen molar-refractivity contribution in [3.05, 3.63) is 42.5 Å². The lowest BCUT2D eigenvalue weighted by Crippen LogP contribution is -2.24. The second-order valence-corrected chi connectivity index (χ2v) is 4.78. The van der Waals surface area contributed by atoms with Crippen molar-refractivity contribution in [3.8, 4) is 5.75 Å². The third-order valence-corrected chi connectivity index (χ3v) is 3.01. The van der Waals surface area contributed by atoms with E-state index in [1.54, 1.807) is 30.5 Å². The number of hydrogen-bond donors (Lipinski definition) is 2. The molecule has 1 aromatic carbocycles. The number of aromatic nitrogens is 2. The number of aliphatic hydroxyl groups is 1. The molecule has 2 rings (SSSR count). The van der Waals surface area contributed by atoms with Crippen LogP contribution in [0.1, 0.15) is 19.2 Å². The molecule has 5 heteroatoms. The Morgan fingerprint density at radius 3 is 2.80 bits per heavy atom. The van der Waals surface area contributed by atoms with Crippen LogP contribution >= 0.6 is 0 Å². The molecule has 1 unspecified atom stereocenters. The maximum atomic E-state index is 10.0. The van der Waals surface area contributed by atoms with Crippen LogP contribution in [0, 0.1) is 0 Å². The summed E-state index contributed by atoms with van der Waals surface area (Å²) >= 11 is 0. The van der Waals surface area contributed by atoms with Gasteiger partial charge in [-0.25, -0.2) is 4.98 Å². The fourth-order valence-electron chi connectivity index (χ4n) is 1.99. The van der Waals surface area contributed by atoms with Crippen molar-refractivity contribution >= 4 is 5.69 Å². The lowest BCUT2D eigenvalue weighted by atomic mass is 10.3. The third-order valence-electron chi connectivity index (χ3n) is 3.01. The third kappa shape index (κ3) is 3.99. The van der Waals surface area contributed by atoms with Crippen molar-refractivity contribution in [1.29, 1.82) is 0 Å². The first-order valence-electron chi connectivity index (χ1n) is 6.85. The Balaban J connectivity index is 1.84. The van der Waals surface area contributed by atoms with Crippen molar-refractivity contribution in [2.24, 2.45) is 0 Å². The molecule has 108 valence electrons. The fraction of sp³-hybridized carbons (Fsp3) is 0.400. The zero-order valence-electron chi connectivity index (χ0n) is 11.7. The largest absolute Gasteiger partial charge is 0.491 e. The van der Waals surface area contributed by atoms with E-state index in [-0.39, 0.29) is 6.61 Å². The normalized spacial score (nSPS) is 12.3. The van der Waals surface area contributed by atoms with Crippen LogP contribution in [-0.4, -0.2) is 27.4 Å². The van der Waals surface area contributed by atoms with Crippen molar-refractivity contribution in [1.82, 2.24) is 9.55 Å². The van der Waals surface area contributed by atoms with Gasteiger partial charge < -0.3 is 20.1 Å². The molecule has 0 spiro atoms. The number of aryl methyl sites for hydroxylation is 1. The van der Waals surface area contributed by atoms with Gasteiger partial charge >= 0.3 is 0 Å². The van der Waals surface area contributed by atoms with Gasteiger partial charge in [0.05, 0.1) is 6.54 Å². The molecule has 2 aromatic rings. The number of anilines is 1. The van der Waals surface area contributed by atoms with E-state index in [1.165, 1.54) is 0 Å². The molecule has 1 aromatic heterocycles. The topological polar surface area (TPSA) is 73.3 Å². The van der Waals surface area contributed by atoms with Gasteiger partial charge in [0.25, 0.3) is 0 Å². The predicted molar refractivity (Wildman–Crippen MR) is 78.6 cm³/mol. The van der Waals surface area contributed by atoms with E-state index in [0.29, 0.717) is 18.0 Å². The van der Waals surface area contributed by atoms with E-state index in [9.17, 15) is 5.11 Å². The fourth-order valence-corrected chi connectivity index (χ4v) is 1.99. The van der Waals surface area contributed by atoms with Crippen LogP contribution in [-0.2, 0) is 13.0 Å². The van der Waals surface area contributed by atoms with E-state index in [0.717, 1.165) is 18.7 Å². The average Bonchev–Trinajstić information content (AvgIpc) is 2.86. The van der Waals surface area contributed by atoms with Crippen molar-refractivity contribution < 1.29 is 9.84 Å². The van der Waals surface area contributed by atoms with E-state index in [2.05, 4.69) is 11.9 Å². The average molecular weight is 275 g/mol. The van der Waals surface area contributed by atoms with Gasteiger partial charge in [-0.1, -0.05) is 6.92 Å². The quantitative estimate of drug-likeness (QED) is 0.756.